The van der Waals surface area contributed by atoms with E-state index in [0.29, 0.717) is 5.69 Å². The Balaban J connectivity index is 2.23. The summed E-state index contributed by atoms with van der Waals surface area (Å²) in [6.07, 6.45) is -4.41. The molecule has 0 aliphatic heterocycles. The fourth-order valence-corrected chi connectivity index (χ4v) is 2.48. The highest BCUT2D eigenvalue weighted by atomic mass is 35.5. The van der Waals surface area contributed by atoms with E-state index in [4.69, 9.17) is 11.6 Å². The van der Waals surface area contributed by atoms with Crippen molar-refractivity contribution in [3.8, 4) is 0 Å². The van der Waals surface area contributed by atoms with Crippen LogP contribution >= 0.6 is 22.9 Å². The number of thiazole rings is 1. The first-order valence-electron chi connectivity index (χ1n) is 5.38. The van der Waals surface area contributed by atoms with Gasteiger partial charge in [-0.15, -0.1) is 11.3 Å². The summed E-state index contributed by atoms with van der Waals surface area (Å²) < 4.78 is 38.0. The smallest absolute Gasteiger partial charge is 0.377 e. The lowest BCUT2D eigenvalue weighted by molar-refractivity contribution is -0.137. The summed E-state index contributed by atoms with van der Waals surface area (Å²) in [5.41, 5.74) is 2.00. The van der Waals surface area contributed by atoms with Crippen LogP contribution in [0.1, 0.15) is 24.2 Å². The maximum absolute atomic E-state index is 12.7. The number of halogens is 4. The van der Waals surface area contributed by atoms with Gasteiger partial charge in [0.25, 0.3) is 0 Å². The van der Waals surface area contributed by atoms with Crippen LogP contribution in [0.15, 0.2) is 29.1 Å². The Morgan fingerprint density at radius 2 is 2.05 bits per heavy atom. The minimum absolute atomic E-state index is 0.0443. The van der Waals surface area contributed by atoms with Crippen molar-refractivity contribution in [3.63, 3.8) is 0 Å². The normalized spacial score (nSPS) is 13.3. The van der Waals surface area contributed by atoms with Gasteiger partial charge in [-0.3, -0.25) is 0 Å². The monoisotopic (exact) mass is 306 g/mol. The highest BCUT2D eigenvalue weighted by Gasteiger charge is 2.31. The summed E-state index contributed by atoms with van der Waals surface area (Å²) >= 11 is 7.14. The van der Waals surface area contributed by atoms with Crippen LogP contribution in [0.25, 0.3) is 0 Å². The lowest BCUT2D eigenvalue weighted by Gasteiger charge is -2.15. The van der Waals surface area contributed by atoms with Gasteiger partial charge < -0.3 is 5.32 Å². The third-order valence-electron chi connectivity index (χ3n) is 2.50. The standard InChI is InChI=1S/C12H10ClF3N2S/c1-7(11-5-19-6-17-11)18-10-3-8(12(14,15)16)2-9(13)4-10/h2-7,18H,1H3. The molecule has 2 rings (SSSR count). The van der Waals surface area contributed by atoms with E-state index < -0.39 is 11.7 Å². The van der Waals surface area contributed by atoms with E-state index in [-0.39, 0.29) is 11.1 Å². The number of hydrogen-bond donors (Lipinski definition) is 1. The quantitative estimate of drug-likeness (QED) is 0.864. The Morgan fingerprint density at radius 3 is 2.63 bits per heavy atom. The molecule has 1 N–H and O–H groups in total. The number of benzene rings is 1. The van der Waals surface area contributed by atoms with Crippen LogP contribution in [-0.4, -0.2) is 4.98 Å². The number of hydrogen-bond acceptors (Lipinski definition) is 3. The summed E-state index contributed by atoms with van der Waals surface area (Å²) in [7, 11) is 0. The number of alkyl halides is 3. The average Bonchev–Trinajstić information content (AvgIpc) is 2.80. The van der Waals surface area contributed by atoms with Crippen molar-refractivity contribution in [1.82, 2.24) is 4.98 Å². The molecule has 0 fully saturated rings. The third-order valence-corrected chi connectivity index (χ3v) is 3.33. The lowest BCUT2D eigenvalue weighted by atomic mass is 10.1. The van der Waals surface area contributed by atoms with Crippen LogP contribution < -0.4 is 5.32 Å². The van der Waals surface area contributed by atoms with E-state index in [9.17, 15) is 13.2 Å². The van der Waals surface area contributed by atoms with E-state index >= 15 is 0 Å². The molecule has 1 atom stereocenters. The zero-order chi connectivity index (χ0) is 14.0. The van der Waals surface area contributed by atoms with Gasteiger partial charge in [-0.05, 0) is 25.1 Å². The minimum atomic E-state index is -4.41. The van der Waals surface area contributed by atoms with Gasteiger partial charge in [0.1, 0.15) is 0 Å². The Labute approximate surface area is 117 Å². The largest absolute Gasteiger partial charge is 0.416 e. The van der Waals surface area contributed by atoms with Gasteiger partial charge in [0, 0.05) is 16.1 Å². The minimum Gasteiger partial charge on any atom is -0.377 e. The maximum Gasteiger partial charge on any atom is 0.416 e. The highest BCUT2D eigenvalue weighted by Crippen LogP contribution is 2.34. The number of nitrogens with one attached hydrogen (secondary N) is 1. The highest BCUT2D eigenvalue weighted by molar-refractivity contribution is 7.07. The van der Waals surface area contributed by atoms with Crippen molar-refractivity contribution in [2.75, 3.05) is 5.32 Å². The van der Waals surface area contributed by atoms with E-state index in [0.717, 1.165) is 17.8 Å². The second kappa shape index (κ2) is 5.38. The predicted molar refractivity (Wildman–Crippen MR) is 70.6 cm³/mol. The molecule has 19 heavy (non-hydrogen) atoms. The van der Waals surface area contributed by atoms with Crippen molar-refractivity contribution in [3.05, 3.63) is 45.4 Å². The van der Waals surface area contributed by atoms with Crippen LogP contribution in [0, 0.1) is 0 Å². The van der Waals surface area contributed by atoms with Gasteiger partial charge in [0.2, 0.25) is 0 Å². The van der Waals surface area contributed by atoms with Crippen molar-refractivity contribution >= 4 is 28.6 Å². The fraction of sp³-hybridized carbons (Fsp3) is 0.250. The van der Waals surface area contributed by atoms with Gasteiger partial charge >= 0.3 is 6.18 Å². The second-order valence-corrected chi connectivity index (χ2v) is 5.16. The Hall–Kier alpha value is -1.27. The van der Waals surface area contributed by atoms with E-state index in [2.05, 4.69) is 10.3 Å². The number of rotatable bonds is 3. The molecule has 2 aromatic rings. The molecule has 1 aromatic heterocycles. The van der Waals surface area contributed by atoms with Gasteiger partial charge in [-0.1, -0.05) is 11.6 Å². The van der Waals surface area contributed by atoms with Crippen molar-refractivity contribution in [2.24, 2.45) is 0 Å². The van der Waals surface area contributed by atoms with Crippen LogP contribution in [0.5, 0.6) is 0 Å². The molecule has 2 nitrogen and oxygen atoms in total. The van der Waals surface area contributed by atoms with Crippen molar-refractivity contribution in [1.29, 1.82) is 0 Å². The molecule has 0 radical (unpaired) electrons. The lowest BCUT2D eigenvalue weighted by Crippen LogP contribution is -2.09. The fourth-order valence-electron chi connectivity index (χ4n) is 1.60. The molecule has 1 unspecified atom stereocenters. The molecule has 1 heterocycles. The molecule has 102 valence electrons. The average molecular weight is 307 g/mol. The third kappa shape index (κ3) is 3.61. The zero-order valence-electron chi connectivity index (χ0n) is 9.83. The van der Waals surface area contributed by atoms with Gasteiger partial charge in [-0.25, -0.2) is 4.98 Å². The molecule has 0 amide bonds. The molecule has 0 bridgehead atoms. The molecule has 7 heteroatoms. The first-order chi connectivity index (χ1) is 8.86. The second-order valence-electron chi connectivity index (χ2n) is 4.01. The summed E-state index contributed by atoms with van der Waals surface area (Å²) in [5, 5.41) is 4.84. The Bertz CT molecular complexity index is 555. The van der Waals surface area contributed by atoms with E-state index in [1.165, 1.54) is 17.4 Å². The molecule has 1 aromatic carbocycles. The SMILES string of the molecule is CC(Nc1cc(Cl)cc(C(F)(F)F)c1)c1cscn1. The topological polar surface area (TPSA) is 24.9 Å². The van der Waals surface area contributed by atoms with Crippen LogP contribution in [-0.2, 0) is 6.18 Å². The van der Waals surface area contributed by atoms with Gasteiger partial charge in [-0.2, -0.15) is 13.2 Å². The molecule has 0 saturated carbocycles. The number of anilines is 1. The van der Waals surface area contributed by atoms with Crippen LogP contribution in [0.2, 0.25) is 5.02 Å². The molecular weight excluding hydrogens is 297 g/mol. The molecule has 0 aliphatic carbocycles. The molecule has 0 spiro atoms. The Kier molecular flexibility index (Phi) is 4.01. The maximum atomic E-state index is 12.7. The first kappa shape index (κ1) is 14.1. The zero-order valence-corrected chi connectivity index (χ0v) is 11.4. The molecule has 0 saturated heterocycles. The van der Waals surface area contributed by atoms with Crippen molar-refractivity contribution < 1.29 is 13.2 Å². The van der Waals surface area contributed by atoms with Gasteiger partial charge in [0.15, 0.2) is 0 Å². The number of nitrogens with zero attached hydrogens (tertiary/aromatic N) is 1. The van der Waals surface area contributed by atoms with E-state index in [1.54, 1.807) is 5.51 Å². The summed E-state index contributed by atoms with van der Waals surface area (Å²) in [6, 6.07) is 3.21. The molecule has 0 aliphatic rings. The predicted octanol–water partition coefficient (Wildman–Crippen LogP) is 4.99. The van der Waals surface area contributed by atoms with Crippen LogP contribution in [0.4, 0.5) is 18.9 Å². The van der Waals surface area contributed by atoms with E-state index in [1.807, 2.05) is 12.3 Å². The number of aromatic nitrogens is 1. The first-order valence-corrected chi connectivity index (χ1v) is 6.71. The van der Waals surface area contributed by atoms with Crippen molar-refractivity contribution in [2.45, 2.75) is 19.1 Å². The molecular formula is C12H10ClF3N2S. The van der Waals surface area contributed by atoms with Gasteiger partial charge in [0.05, 0.1) is 22.8 Å². The summed E-state index contributed by atoms with van der Waals surface area (Å²) in [5.74, 6) is 0. The van der Waals surface area contributed by atoms with Crippen LogP contribution in [0.3, 0.4) is 0 Å². The summed E-state index contributed by atoms with van der Waals surface area (Å²) in [6.45, 7) is 1.82. The Morgan fingerprint density at radius 1 is 1.32 bits per heavy atom. The summed E-state index contributed by atoms with van der Waals surface area (Å²) in [4.78, 5) is 4.11.